The summed E-state index contributed by atoms with van der Waals surface area (Å²) in [6.45, 7) is 0. The second-order valence-electron chi connectivity index (χ2n) is 7.76. The number of methoxy groups -OCH3 is 1. The van der Waals surface area contributed by atoms with E-state index in [4.69, 9.17) is 4.74 Å². The van der Waals surface area contributed by atoms with Crippen molar-refractivity contribution in [3.63, 3.8) is 0 Å². The zero-order chi connectivity index (χ0) is 14.4. The van der Waals surface area contributed by atoms with Gasteiger partial charge in [0.25, 0.3) is 0 Å². The van der Waals surface area contributed by atoms with E-state index in [1.165, 1.54) is 44.1 Å². The molecule has 1 aromatic carbocycles. The Morgan fingerprint density at radius 3 is 2.24 bits per heavy atom. The summed E-state index contributed by atoms with van der Waals surface area (Å²) in [7, 11) is 1.78. The zero-order valence-electron chi connectivity index (χ0n) is 12.9. The molecule has 0 spiro atoms. The van der Waals surface area contributed by atoms with Crippen molar-refractivity contribution in [2.45, 2.75) is 49.8 Å². The topological polar surface area (TPSA) is 9.23 Å². The van der Waals surface area contributed by atoms with Crippen LogP contribution in [0, 0.1) is 23.2 Å². The fourth-order valence-corrected chi connectivity index (χ4v) is 6.75. The van der Waals surface area contributed by atoms with E-state index in [9.17, 15) is 0 Å². The summed E-state index contributed by atoms with van der Waals surface area (Å²) in [5, 5.41) is 0. The van der Waals surface area contributed by atoms with Crippen LogP contribution in [0.2, 0.25) is 0 Å². The van der Waals surface area contributed by atoms with Gasteiger partial charge in [0.05, 0.1) is 7.11 Å². The largest absolute Gasteiger partial charge is 0.496 e. The standard InChI is InChI=1S/C19H25BrO/c1-21-17-5-3-2-4-16(17)9-18(20)19-10-13-6-14(11-19)8-15(7-13)12-19/h2-5,13-15,18H,6-12H2,1H3. The monoisotopic (exact) mass is 348 g/mol. The van der Waals surface area contributed by atoms with Crippen LogP contribution in [0.15, 0.2) is 24.3 Å². The van der Waals surface area contributed by atoms with Crippen molar-refractivity contribution in [2.75, 3.05) is 7.11 Å². The number of para-hydroxylation sites is 1. The van der Waals surface area contributed by atoms with Gasteiger partial charge in [0.2, 0.25) is 0 Å². The van der Waals surface area contributed by atoms with E-state index in [0.717, 1.165) is 29.9 Å². The van der Waals surface area contributed by atoms with Gasteiger partial charge in [-0.05, 0) is 79.7 Å². The summed E-state index contributed by atoms with van der Waals surface area (Å²) in [5.41, 5.74) is 1.92. The van der Waals surface area contributed by atoms with Crippen LogP contribution in [-0.4, -0.2) is 11.9 Å². The van der Waals surface area contributed by atoms with Crippen LogP contribution in [0.4, 0.5) is 0 Å². The molecule has 4 fully saturated rings. The first-order chi connectivity index (χ1) is 10.2. The number of halogens is 1. The maximum Gasteiger partial charge on any atom is 0.122 e. The first kappa shape index (κ1) is 14.1. The Bertz CT molecular complexity index is 489. The highest BCUT2D eigenvalue weighted by atomic mass is 79.9. The smallest absolute Gasteiger partial charge is 0.122 e. The molecule has 0 N–H and O–H groups in total. The van der Waals surface area contributed by atoms with Gasteiger partial charge in [-0.1, -0.05) is 34.1 Å². The highest BCUT2D eigenvalue weighted by Gasteiger charge is 2.53. The molecular formula is C19H25BrO. The van der Waals surface area contributed by atoms with E-state index in [1.807, 2.05) is 0 Å². The lowest BCUT2D eigenvalue weighted by Crippen LogP contribution is -2.50. The fraction of sp³-hybridized carbons (Fsp3) is 0.684. The molecule has 4 saturated carbocycles. The summed E-state index contributed by atoms with van der Waals surface area (Å²) in [6, 6.07) is 8.52. The molecule has 1 atom stereocenters. The first-order valence-electron chi connectivity index (χ1n) is 8.44. The highest BCUT2D eigenvalue weighted by molar-refractivity contribution is 9.09. The van der Waals surface area contributed by atoms with E-state index >= 15 is 0 Å². The van der Waals surface area contributed by atoms with Crippen LogP contribution in [0.3, 0.4) is 0 Å². The van der Waals surface area contributed by atoms with Gasteiger partial charge in [0, 0.05) is 4.83 Å². The van der Waals surface area contributed by atoms with E-state index in [1.54, 1.807) is 7.11 Å². The van der Waals surface area contributed by atoms with Crippen LogP contribution < -0.4 is 4.74 Å². The number of ether oxygens (including phenoxy) is 1. The lowest BCUT2D eigenvalue weighted by molar-refractivity contribution is -0.0522. The van der Waals surface area contributed by atoms with Crippen LogP contribution in [0.25, 0.3) is 0 Å². The number of hydrogen-bond donors (Lipinski definition) is 0. The predicted molar refractivity (Wildman–Crippen MR) is 90.0 cm³/mol. The summed E-state index contributed by atoms with van der Waals surface area (Å²) in [5.74, 6) is 4.11. The van der Waals surface area contributed by atoms with E-state index in [2.05, 4.69) is 40.2 Å². The lowest BCUT2D eigenvalue weighted by Gasteiger charge is -2.58. The molecule has 1 aromatic rings. The molecule has 21 heavy (non-hydrogen) atoms. The Labute approximate surface area is 136 Å². The minimum absolute atomic E-state index is 0.565. The molecule has 0 aromatic heterocycles. The third-order valence-electron chi connectivity index (χ3n) is 6.34. The molecule has 2 heteroatoms. The van der Waals surface area contributed by atoms with Crippen LogP contribution >= 0.6 is 15.9 Å². The average molecular weight is 349 g/mol. The van der Waals surface area contributed by atoms with Gasteiger partial charge >= 0.3 is 0 Å². The van der Waals surface area contributed by atoms with E-state index < -0.39 is 0 Å². The minimum atomic E-state index is 0.565. The normalized spacial score (nSPS) is 38.5. The highest BCUT2D eigenvalue weighted by Crippen LogP contribution is 2.62. The molecular weight excluding hydrogens is 324 g/mol. The van der Waals surface area contributed by atoms with E-state index in [-0.39, 0.29) is 0 Å². The number of rotatable bonds is 4. The van der Waals surface area contributed by atoms with Crippen molar-refractivity contribution in [2.24, 2.45) is 23.2 Å². The van der Waals surface area contributed by atoms with E-state index in [0.29, 0.717) is 10.2 Å². The number of alkyl halides is 1. The van der Waals surface area contributed by atoms with Crippen molar-refractivity contribution in [3.8, 4) is 5.75 Å². The number of hydrogen-bond acceptors (Lipinski definition) is 1. The summed E-state index contributed by atoms with van der Waals surface area (Å²) < 4.78 is 5.54. The summed E-state index contributed by atoms with van der Waals surface area (Å²) in [4.78, 5) is 0.606. The Hall–Kier alpha value is -0.500. The molecule has 114 valence electrons. The van der Waals surface area contributed by atoms with Crippen molar-refractivity contribution < 1.29 is 4.74 Å². The van der Waals surface area contributed by atoms with Gasteiger partial charge in [-0.15, -0.1) is 0 Å². The van der Waals surface area contributed by atoms with Gasteiger partial charge in [-0.25, -0.2) is 0 Å². The molecule has 0 heterocycles. The molecule has 4 bridgehead atoms. The Kier molecular flexibility index (Phi) is 3.56. The molecule has 1 nitrogen and oxygen atoms in total. The molecule has 4 aliphatic carbocycles. The van der Waals surface area contributed by atoms with Crippen molar-refractivity contribution in [1.29, 1.82) is 0 Å². The van der Waals surface area contributed by atoms with Crippen LogP contribution in [-0.2, 0) is 6.42 Å². The summed E-state index contributed by atoms with van der Waals surface area (Å²) >= 11 is 4.11. The molecule has 4 aliphatic rings. The van der Waals surface area contributed by atoms with Gasteiger partial charge < -0.3 is 4.74 Å². The minimum Gasteiger partial charge on any atom is -0.496 e. The van der Waals surface area contributed by atoms with Crippen LogP contribution in [0.5, 0.6) is 5.75 Å². The van der Waals surface area contributed by atoms with Gasteiger partial charge in [0.1, 0.15) is 5.75 Å². The maximum absolute atomic E-state index is 5.54. The van der Waals surface area contributed by atoms with Crippen LogP contribution in [0.1, 0.15) is 44.1 Å². The maximum atomic E-state index is 5.54. The SMILES string of the molecule is COc1ccccc1CC(Br)C12CC3CC(CC(C3)C1)C2. The average Bonchev–Trinajstić information content (AvgIpc) is 2.46. The van der Waals surface area contributed by atoms with Crippen molar-refractivity contribution >= 4 is 15.9 Å². The molecule has 0 saturated heterocycles. The lowest BCUT2D eigenvalue weighted by atomic mass is 9.48. The molecule has 0 radical (unpaired) electrons. The van der Waals surface area contributed by atoms with Crippen molar-refractivity contribution in [1.82, 2.24) is 0 Å². The Morgan fingerprint density at radius 1 is 1.10 bits per heavy atom. The van der Waals surface area contributed by atoms with Crippen molar-refractivity contribution in [3.05, 3.63) is 29.8 Å². The Balaban J connectivity index is 1.56. The van der Waals surface area contributed by atoms with Gasteiger partial charge in [0.15, 0.2) is 0 Å². The van der Waals surface area contributed by atoms with Gasteiger partial charge in [-0.3, -0.25) is 0 Å². The number of benzene rings is 1. The molecule has 0 aliphatic heterocycles. The molecule has 0 amide bonds. The third-order valence-corrected chi connectivity index (χ3v) is 7.64. The fourth-order valence-electron chi connectivity index (χ4n) is 5.84. The Morgan fingerprint density at radius 2 is 1.67 bits per heavy atom. The molecule has 1 unspecified atom stereocenters. The second kappa shape index (κ2) is 5.30. The third kappa shape index (κ3) is 2.44. The van der Waals surface area contributed by atoms with Gasteiger partial charge in [-0.2, -0.15) is 0 Å². The predicted octanol–water partition coefficient (Wildman–Crippen LogP) is 5.22. The molecule has 5 rings (SSSR count). The first-order valence-corrected chi connectivity index (χ1v) is 9.36. The summed E-state index contributed by atoms with van der Waals surface area (Å²) in [6.07, 6.45) is 10.1. The quantitative estimate of drug-likeness (QED) is 0.678. The second-order valence-corrected chi connectivity index (χ2v) is 8.87. The zero-order valence-corrected chi connectivity index (χ0v) is 14.4.